The predicted molar refractivity (Wildman–Crippen MR) is 81.7 cm³/mol. The summed E-state index contributed by atoms with van der Waals surface area (Å²) in [7, 11) is 0. The lowest BCUT2D eigenvalue weighted by atomic mass is 10.2. The van der Waals surface area contributed by atoms with Gasteiger partial charge in [0.1, 0.15) is 0 Å². The molecule has 0 unspecified atom stereocenters. The monoisotopic (exact) mass is 262 g/mol. The van der Waals surface area contributed by atoms with Gasteiger partial charge in [0.2, 0.25) is 0 Å². The van der Waals surface area contributed by atoms with Crippen LogP contribution in [0.5, 0.6) is 0 Å². The van der Waals surface area contributed by atoms with Crippen LogP contribution < -0.4 is 10.2 Å². The van der Waals surface area contributed by atoms with Crippen molar-refractivity contribution in [2.24, 2.45) is 0 Å². The number of unbranched alkanes of at least 4 members (excludes halogenated alkanes) is 3. The smallest absolute Gasteiger partial charge is 0.321 e. The number of carbonyl (C=O) groups excluding carboxylic acids is 1. The van der Waals surface area contributed by atoms with Crippen molar-refractivity contribution < 1.29 is 4.79 Å². The highest BCUT2D eigenvalue weighted by molar-refractivity contribution is 5.91. The minimum Gasteiger partial charge on any atom is -0.338 e. The first kappa shape index (κ1) is 15.5. The van der Waals surface area contributed by atoms with Gasteiger partial charge in [0.25, 0.3) is 0 Å². The number of hydrogen-bond donors (Lipinski definition) is 1. The van der Waals surface area contributed by atoms with Crippen LogP contribution in [0.3, 0.4) is 0 Å². The molecule has 3 nitrogen and oxygen atoms in total. The van der Waals surface area contributed by atoms with Crippen LogP contribution in [-0.4, -0.2) is 19.1 Å². The summed E-state index contributed by atoms with van der Waals surface area (Å²) in [6, 6.07) is 8.14. The van der Waals surface area contributed by atoms with E-state index in [-0.39, 0.29) is 6.03 Å². The Hall–Kier alpha value is -1.51. The summed E-state index contributed by atoms with van der Waals surface area (Å²) >= 11 is 0. The van der Waals surface area contributed by atoms with Gasteiger partial charge in [-0.15, -0.1) is 0 Å². The van der Waals surface area contributed by atoms with Gasteiger partial charge in [-0.1, -0.05) is 43.9 Å². The van der Waals surface area contributed by atoms with Gasteiger partial charge >= 0.3 is 6.03 Å². The summed E-state index contributed by atoms with van der Waals surface area (Å²) in [6.07, 6.45) is 4.68. The molecular formula is C16H26N2O. The van der Waals surface area contributed by atoms with E-state index in [4.69, 9.17) is 0 Å². The Kier molecular flexibility index (Phi) is 7.01. The third kappa shape index (κ3) is 5.33. The molecule has 0 aliphatic rings. The third-order valence-electron chi connectivity index (χ3n) is 3.15. The molecular weight excluding hydrogens is 236 g/mol. The van der Waals surface area contributed by atoms with E-state index in [1.54, 1.807) is 0 Å². The average molecular weight is 262 g/mol. The summed E-state index contributed by atoms with van der Waals surface area (Å²) in [5, 5.41) is 2.89. The van der Waals surface area contributed by atoms with Crippen LogP contribution in [0.4, 0.5) is 10.5 Å². The first-order chi connectivity index (χ1) is 9.19. The zero-order valence-corrected chi connectivity index (χ0v) is 12.4. The maximum absolute atomic E-state index is 12.1. The van der Waals surface area contributed by atoms with E-state index in [1.807, 2.05) is 36.1 Å². The number of anilines is 1. The number of nitrogens with one attached hydrogen (secondary N) is 1. The van der Waals surface area contributed by atoms with Gasteiger partial charge in [0.15, 0.2) is 0 Å². The van der Waals surface area contributed by atoms with E-state index in [0.29, 0.717) is 6.54 Å². The maximum Gasteiger partial charge on any atom is 0.321 e. The molecule has 106 valence electrons. The summed E-state index contributed by atoms with van der Waals surface area (Å²) in [5.74, 6) is 0. The number of hydrogen-bond acceptors (Lipinski definition) is 1. The zero-order chi connectivity index (χ0) is 14.1. The molecule has 2 amide bonds. The summed E-state index contributed by atoms with van der Waals surface area (Å²) in [6.45, 7) is 7.65. The molecule has 0 heterocycles. The second kappa shape index (κ2) is 8.57. The van der Waals surface area contributed by atoms with Crippen molar-refractivity contribution in [2.45, 2.75) is 46.5 Å². The van der Waals surface area contributed by atoms with Crippen molar-refractivity contribution >= 4 is 11.7 Å². The molecule has 1 aromatic rings. The largest absolute Gasteiger partial charge is 0.338 e. The first-order valence-electron chi connectivity index (χ1n) is 7.31. The highest BCUT2D eigenvalue weighted by atomic mass is 16.2. The molecule has 0 spiro atoms. The molecule has 0 aliphatic carbocycles. The SMILES string of the molecule is CCCCCCN(C(=O)NCC)c1ccc(C)cc1. The van der Waals surface area contributed by atoms with Gasteiger partial charge in [0.05, 0.1) is 0 Å². The minimum atomic E-state index is 0.00264. The first-order valence-corrected chi connectivity index (χ1v) is 7.31. The fourth-order valence-corrected chi connectivity index (χ4v) is 2.02. The van der Waals surface area contributed by atoms with Gasteiger partial charge in [0, 0.05) is 18.8 Å². The van der Waals surface area contributed by atoms with Gasteiger partial charge in [-0.3, -0.25) is 4.90 Å². The second-order valence-corrected chi connectivity index (χ2v) is 4.88. The fraction of sp³-hybridized carbons (Fsp3) is 0.562. The predicted octanol–water partition coefficient (Wildman–Crippen LogP) is 4.11. The minimum absolute atomic E-state index is 0.00264. The fourth-order valence-electron chi connectivity index (χ4n) is 2.02. The summed E-state index contributed by atoms with van der Waals surface area (Å²) in [4.78, 5) is 14.0. The molecule has 1 rings (SSSR count). The number of aryl methyl sites for hydroxylation is 1. The lowest BCUT2D eigenvalue weighted by Crippen LogP contribution is -2.40. The maximum atomic E-state index is 12.1. The number of carbonyl (C=O) groups is 1. The highest BCUT2D eigenvalue weighted by Gasteiger charge is 2.13. The van der Waals surface area contributed by atoms with Gasteiger partial charge < -0.3 is 5.32 Å². The Bertz CT molecular complexity index is 373. The van der Waals surface area contributed by atoms with Crippen LogP contribution >= 0.6 is 0 Å². The Labute approximate surface area is 117 Å². The van der Waals surface area contributed by atoms with Crippen LogP contribution in [0, 0.1) is 6.92 Å². The van der Waals surface area contributed by atoms with Crippen molar-refractivity contribution in [3.63, 3.8) is 0 Å². The van der Waals surface area contributed by atoms with Crippen molar-refractivity contribution in [1.82, 2.24) is 5.32 Å². The van der Waals surface area contributed by atoms with Crippen molar-refractivity contribution in [3.05, 3.63) is 29.8 Å². The van der Waals surface area contributed by atoms with Crippen LogP contribution in [0.2, 0.25) is 0 Å². The van der Waals surface area contributed by atoms with E-state index < -0.39 is 0 Å². The molecule has 1 aromatic carbocycles. The molecule has 1 N–H and O–H groups in total. The second-order valence-electron chi connectivity index (χ2n) is 4.88. The standard InChI is InChI=1S/C16H26N2O/c1-4-6-7-8-13-18(16(19)17-5-2)15-11-9-14(3)10-12-15/h9-12H,4-8,13H2,1-3H3,(H,17,19). The molecule has 0 atom stereocenters. The highest BCUT2D eigenvalue weighted by Crippen LogP contribution is 2.16. The van der Waals surface area contributed by atoms with Crippen molar-refractivity contribution in [1.29, 1.82) is 0 Å². The number of amides is 2. The Balaban J connectivity index is 2.68. The molecule has 0 fully saturated rings. The van der Waals surface area contributed by atoms with Crippen molar-refractivity contribution in [2.75, 3.05) is 18.0 Å². The van der Waals surface area contributed by atoms with Crippen LogP contribution in [-0.2, 0) is 0 Å². The lowest BCUT2D eigenvalue weighted by molar-refractivity contribution is 0.246. The molecule has 0 saturated heterocycles. The Morgan fingerprint density at radius 1 is 1.11 bits per heavy atom. The van der Waals surface area contributed by atoms with Crippen LogP contribution in [0.25, 0.3) is 0 Å². The molecule has 0 aromatic heterocycles. The number of rotatable bonds is 7. The van der Waals surface area contributed by atoms with Crippen molar-refractivity contribution in [3.8, 4) is 0 Å². The Morgan fingerprint density at radius 2 is 1.79 bits per heavy atom. The average Bonchev–Trinajstić information content (AvgIpc) is 2.40. The van der Waals surface area contributed by atoms with Crippen LogP contribution in [0.15, 0.2) is 24.3 Å². The van der Waals surface area contributed by atoms with Crippen LogP contribution in [0.1, 0.15) is 45.1 Å². The number of benzene rings is 1. The molecule has 0 saturated carbocycles. The number of nitrogens with zero attached hydrogens (tertiary/aromatic N) is 1. The zero-order valence-electron chi connectivity index (χ0n) is 12.4. The van der Waals surface area contributed by atoms with Gasteiger partial charge in [-0.25, -0.2) is 4.79 Å². The van der Waals surface area contributed by atoms with E-state index in [2.05, 4.69) is 19.2 Å². The quantitative estimate of drug-likeness (QED) is 0.737. The topological polar surface area (TPSA) is 32.3 Å². The van der Waals surface area contributed by atoms with Gasteiger partial charge in [-0.05, 0) is 32.4 Å². The molecule has 0 radical (unpaired) electrons. The van der Waals surface area contributed by atoms with E-state index in [9.17, 15) is 4.79 Å². The molecule has 19 heavy (non-hydrogen) atoms. The molecule has 0 bridgehead atoms. The Morgan fingerprint density at radius 3 is 2.37 bits per heavy atom. The lowest BCUT2D eigenvalue weighted by Gasteiger charge is -2.23. The van der Waals surface area contributed by atoms with E-state index >= 15 is 0 Å². The number of urea groups is 1. The normalized spacial score (nSPS) is 10.3. The third-order valence-corrected chi connectivity index (χ3v) is 3.15. The van der Waals surface area contributed by atoms with E-state index in [0.717, 1.165) is 18.7 Å². The molecule has 3 heteroatoms. The van der Waals surface area contributed by atoms with E-state index in [1.165, 1.54) is 24.8 Å². The molecule has 0 aliphatic heterocycles. The summed E-state index contributed by atoms with van der Waals surface area (Å²) in [5.41, 5.74) is 2.19. The van der Waals surface area contributed by atoms with Gasteiger partial charge in [-0.2, -0.15) is 0 Å². The summed E-state index contributed by atoms with van der Waals surface area (Å²) < 4.78 is 0.